The number of fused-ring (bicyclic) bond motifs is 1. The van der Waals surface area contributed by atoms with Crippen molar-refractivity contribution in [2.45, 2.75) is 38.4 Å². The number of hydrogen-bond acceptors (Lipinski definition) is 5. The predicted molar refractivity (Wildman–Crippen MR) is 101 cm³/mol. The van der Waals surface area contributed by atoms with Gasteiger partial charge in [-0.15, -0.1) is 6.58 Å². The first-order chi connectivity index (χ1) is 12.2. The Labute approximate surface area is 152 Å². The molecule has 3 rings (SSSR count). The van der Waals surface area contributed by atoms with E-state index in [9.17, 15) is 4.79 Å². The number of nitrogens with zero attached hydrogens (tertiary/aromatic N) is 2. The first-order valence-corrected chi connectivity index (χ1v) is 9.51. The van der Waals surface area contributed by atoms with Crippen LogP contribution in [-0.2, 0) is 14.3 Å². The van der Waals surface area contributed by atoms with E-state index in [0.29, 0.717) is 18.3 Å². The van der Waals surface area contributed by atoms with Gasteiger partial charge in [-0.3, -0.25) is 9.69 Å². The Balaban J connectivity index is 1.80. The van der Waals surface area contributed by atoms with Gasteiger partial charge in [-0.2, -0.15) is 0 Å². The van der Waals surface area contributed by atoms with E-state index >= 15 is 0 Å². The van der Waals surface area contributed by atoms with Crippen LogP contribution in [0.2, 0.25) is 0 Å². The Kier molecular flexibility index (Phi) is 6.18. The van der Waals surface area contributed by atoms with Crippen molar-refractivity contribution in [2.24, 2.45) is 0 Å². The number of aromatic nitrogens is 1. The molecule has 2 unspecified atom stereocenters. The SMILES string of the molecule is C=CCCOC(C)C(=O)N(CC1CCCO1)c1nc2ccccc2s1. The van der Waals surface area contributed by atoms with Crippen LogP contribution in [0.1, 0.15) is 26.2 Å². The summed E-state index contributed by atoms with van der Waals surface area (Å²) in [5, 5.41) is 0.709. The summed E-state index contributed by atoms with van der Waals surface area (Å²) in [6.07, 6.45) is 4.07. The van der Waals surface area contributed by atoms with Crippen molar-refractivity contribution in [3.8, 4) is 0 Å². The van der Waals surface area contributed by atoms with Gasteiger partial charge in [0.05, 0.1) is 29.5 Å². The maximum Gasteiger partial charge on any atom is 0.257 e. The van der Waals surface area contributed by atoms with Crippen molar-refractivity contribution in [3.63, 3.8) is 0 Å². The Morgan fingerprint density at radius 3 is 3.12 bits per heavy atom. The van der Waals surface area contributed by atoms with Crippen molar-refractivity contribution in [1.82, 2.24) is 4.98 Å². The molecule has 1 aliphatic rings. The Morgan fingerprint density at radius 2 is 2.40 bits per heavy atom. The van der Waals surface area contributed by atoms with Crippen molar-refractivity contribution in [1.29, 1.82) is 0 Å². The molecule has 2 atom stereocenters. The molecule has 1 saturated heterocycles. The zero-order valence-electron chi connectivity index (χ0n) is 14.5. The molecule has 0 aliphatic carbocycles. The first-order valence-electron chi connectivity index (χ1n) is 8.70. The number of para-hydroxylation sites is 1. The normalized spacial score (nSPS) is 18.4. The molecular weight excluding hydrogens is 336 g/mol. The van der Waals surface area contributed by atoms with E-state index in [4.69, 9.17) is 9.47 Å². The summed E-state index contributed by atoms with van der Waals surface area (Å²) in [7, 11) is 0. The Morgan fingerprint density at radius 1 is 1.56 bits per heavy atom. The fourth-order valence-electron chi connectivity index (χ4n) is 2.85. The minimum Gasteiger partial charge on any atom is -0.376 e. The molecule has 0 bridgehead atoms. The van der Waals surface area contributed by atoms with Crippen LogP contribution in [0.25, 0.3) is 10.2 Å². The monoisotopic (exact) mass is 360 g/mol. The van der Waals surface area contributed by atoms with Crippen LogP contribution >= 0.6 is 11.3 Å². The number of benzene rings is 1. The molecule has 1 aromatic heterocycles. The van der Waals surface area contributed by atoms with Gasteiger partial charge < -0.3 is 9.47 Å². The fraction of sp³-hybridized carbons (Fsp3) is 0.474. The number of hydrogen-bond donors (Lipinski definition) is 0. The molecule has 6 heteroatoms. The zero-order valence-corrected chi connectivity index (χ0v) is 15.3. The standard InChI is InChI=1S/C19H24N2O3S/c1-3-4-11-23-14(2)18(22)21(13-15-8-7-12-24-15)19-20-16-9-5-6-10-17(16)25-19/h3,5-6,9-10,14-15H,1,4,7-8,11-13H2,2H3. The molecular formula is C19H24N2O3S. The smallest absolute Gasteiger partial charge is 0.257 e. The van der Waals surface area contributed by atoms with Gasteiger partial charge in [0, 0.05) is 6.61 Å². The lowest BCUT2D eigenvalue weighted by molar-refractivity contribution is -0.129. The summed E-state index contributed by atoms with van der Waals surface area (Å²) in [4.78, 5) is 19.4. The average molecular weight is 360 g/mol. The molecule has 0 radical (unpaired) electrons. The number of carbonyl (C=O) groups is 1. The highest BCUT2D eigenvalue weighted by Crippen LogP contribution is 2.30. The van der Waals surface area contributed by atoms with Gasteiger partial charge in [0.15, 0.2) is 5.13 Å². The summed E-state index contributed by atoms with van der Waals surface area (Å²) in [5.41, 5.74) is 0.910. The molecule has 2 aromatic rings. The zero-order chi connectivity index (χ0) is 17.6. The molecule has 25 heavy (non-hydrogen) atoms. The second kappa shape index (κ2) is 8.56. The molecule has 5 nitrogen and oxygen atoms in total. The lowest BCUT2D eigenvalue weighted by Gasteiger charge is -2.25. The Hall–Kier alpha value is -1.76. The highest BCUT2D eigenvalue weighted by molar-refractivity contribution is 7.22. The highest BCUT2D eigenvalue weighted by atomic mass is 32.1. The molecule has 1 amide bonds. The summed E-state index contributed by atoms with van der Waals surface area (Å²) < 4.78 is 12.5. The van der Waals surface area contributed by atoms with Gasteiger partial charge in [0.25, 0.3) is 5.91 Å². The van der Waals surface area contributed by atoms with Gasteiger partial charge in [0.2, 0.25) is 0 Å². The van der Waals surface area contributed by atoms with Crippen molar-refractivity contribution in [2.75, 3.05) is 24.7 Å². The fourth-order valence-corrected chi connectivity index (χ4v) is 3.83. The van der Waals surface area contributed by atoms with Gasteiger partial charge >= 0.3 is 0 Å². The van der Waals surface area contributed by atoms with Crippen molar-refractivity contribution in [3.05, 3.63) is 36.9 Å². The van der Waals surface area contributed by atoms with Gasteiger partial charge in [-0.1, -0.05) is 29.5 Å². The Bertz CT molecular complexity index is 691. The average Bonchev–Trinajstić information content (AvgIpc) is 3.28. The molecule has 0 spiro atoms. The third kappa shape index (κ3) is 4.45. The van der Waals surface area contributed by atoms with E-state index in [1.54, 1.807) is 17.9 Å². The number of thiazole rings is 1. The van der Waals surface area contributed by atoms with Crippen LogP contribution < -0.4 is 4.90 Å². The van der Waals surface area contributed by atoms with E-state index in [1.165, 1.54) is 11.3 Å². The molecule has 1 fully saturated rings. The molecule has 0 saturated carbocycles. The molecule has 2 heterocycles. The van der Waals surface area contributed by atoms with E-state index in [2.05, 4.69) is 11.6 Å². The lowest BCUT2D eigenvalue weighted by atomic mass is 10.2. The minimum atomic E-state index is -0.520. The summed E-state index contributed by atoms with van der Waals surface area (Å²) >= 11 is 1.53. The predicted octanol–water partition coefficient (Wildman–Crippen LogP) is 3.79. The minimum absolute atomic E-state index is 0.0661. The summed E-state index contributed by atoms with van der Waals surface area (Å²) in [6, 6.07) is 7.93. The van der Waals surface area contributed by atoms with E-state index in [-0.39, 0.29) is 12.0 Å². The first kappa shape index (κ1) is 18.0. The second-order valence-electron chi connectivity index (χ2n) is 6.14. The van der Waals surface area contributed by atoms with Gasteiger partial charge in [-0.05, 0) is 38.3 Å². The lowest BCUT2D eigenvalue weighted by Crippen LogP contribution is -2.43. The van der Waals surface area contributed by atoms with Gasteiger partial charge in [-0.25, -0.2) is 4.98 Å². The molecule has 134 valence electrons. The number of ether oxygens (including phenoxy) is 2. The van der Waals surface area contributed by atoms with E-state index in [1.807, 2.05) is 24.3 Å². The second-order valence-corrected chi connectivity index (χ2v) is 7.15. The summed E-state index contributed by atoms with van der Waals surface area (Å²) in [5.74, 6) is -0.0707. The van der Waals surface area contributed by atoms with Crippen LogP contribution in [0.3, 0.4) is 0 Å². The van der Waals surface area contributed by atoms with Crippen LogP contribution in [-0.4, -0.2) is 42.9 Å². The molecule has 0 N–H and O–H groups in total. The highest BCUT2D eigenvalue weighted by Gasteiger charge is 2.29. The third-order valence-electron chi connectivity index (χ3n) is 4.23. The molecule has 1 aromatic carbocycles. The summed E-state index contributed by atoms with van der Waals surface area (Å²) in [6.45, 7) is 7.24. The number of rotatable bonds is 8. The number of amides is 1. The third-order valence-corrected chi connectivity index (χ3v) is 5.29. The van der Waals surface area contributed by atoms with Crippen LogP contribution in [0.4, 0.5) is 5.13 Å². The van der Waals surface area contributed by atoms with Crippen LogP contribution in [0.15, 0.2) is 36.9 Å². The van der Waals surface area contributed by atoms with Gasteiger partial charge in [0.1, 0.15) is 6.10 Å². The molecule has 1 aliphatic heterocycles. The number of carbonyl (C=O) groups excluding carboxylic acids is 1. The van der Waals surface area contributed by atoms with E-state index < -0.39 is 6.10 Å². The quantitative estimate of drug-likeness (QED) is 0.531. The van der Waals surface area contributed by atoms with E-state index in [0.717, 1.165) is 36.1 Å². The van der Waals surface area contributed by atoms with Crippen molar-refractivity contribution < 1.29 is 14.3 Å². The van der Waals surface area contributed by atoms with Crippen LogP contribution in [0, 0.1) is 0 Å². The van der Waals surface area contributed by atoms with Crippen LogP contribution in [0.5, 0.6) is 0 Å². The largest absolute Gasteiger partial charge is 0.376 e. The van der Waals surface area contributed by atoms with Crippen molar-refractivity contribution >= 4 is 32.6 Å². The maximum absolute atomic E-state index is 13.0. The number of anilines is 1. The topological polar surface area (TPSA) is 51.7 Å². The maximum atomic E-state index is 13.0.